The molecule has 0 atom stereocenters. The van der Waals surface area contributed by atoms with E-state index in [0.717, 1.165) is 0 Å². The second-order valence-corrected chi connectivity index (χ2v) is 3.88. The Kier molecular flexibility index (Phi) is 3.55. The topological polar surface area (TPSA) is 0 Å². The quantitative estimate of drug-likeness (QED) is 0.645. The normalized spacial score (nSPS) is 21.0. The lowest BCUT2D eigenvalue weighted by Crippen LogP contribution is -2.51. The first-order valence-electron chi connectivity index (χ1n) is 4.84. The van der Waals surface area contributed by atoms with Crippen LogP contribution < -0.4 is 0 Å². The summed E-state index contributed by atoms with van der Waals surface area (Å²) in [5.74, 6) is -11.4. The van der Waals surface area contributed by atoms with Crippen molar-refractivity contribution in [1.82, 2.24) is 0 Å². The van der Waals surface area contributed by atoms with E-state index in [1.54, 1.807) is 0 Å². The van der Waals surface area contributed by atoms with Crippen molar-refractivity contribution in [3.05, 3.63) is 0 Å². The number of hydrogen-bond donors (Lipinski definition) is 0. The van der Waals surface area contributed by atoms with Crippen molar-refractivity contribution in [2.45, 2.75) is 50.4 Å². The van der Waals surface area contributed by atoms with Gasteiger partial charge in [0.25, 0.3) is 0 Å². The molecule has 0 spiro atoms. The van der Waals surface area contributed by atoms with E-state index in [0.29, 0.717) is 19.3 Å². The van der Waals surface area contributed by atoms with Gasteiger partial charge in [-0.1, -0.05) is 19.3 Å². The lowest BCUT2D eigenvalue weighted by Gasteiger charge is -2.34. The molecule has 1 aliphatic rings. The standard InChI is InChI=1S/C9H12F6/c10-7(11)9(14,15)8(12,13)6-4-2-1-3-5-6/h6-7H,1-5H2. The Bertz CT molecular complexity index is 207. The molecule has 0 aliphatic heterocycles. The summed E-state index contributed by atoms with van der Waals surface area (Å²) in [6, 6.07) is 0. The first kappa shape index (κ1) is 12.6. The minimum absolute atomic E-state index is 0.102. The Morgan fingerprint density at radius 1 is 0.867 bits per heavy atom. The summed E-state index contributed by atoms with van der Waals surface area (Å²) < 4.78 is 75.1. The third-order valence-electron chi connectivity index (χ3n) is 2.84. The van der Waals surface area contributed by atoms with Crippen LogP contribution in [-0.2, 0) is 0 Å². The van der Waals surface area contributed by atoms with Crippen molar-refractivity contribution in [2.24, 2.45) is 5.92 Å². The van der Waals surface area contributed by atoms with E-state index in [1.165, 1.54) is 0 Å². The monoisotopic (exact) mass is 234 g/mol. The van der Waals surface area contributed by atoms with Crippen LogP contribution in [0.2, 0.25) is 0 Å². The van der Waals surface area contributed by atoms with Gasteiger partial charge in [0.15, 0.2) is 0 Å². The van der Waals surface area contributed by atoms with Crippen molar-refractivity contribution < 1.29 is 26.3 Å². The molecule has 0 amide bonds. The van der Waals surface area contributed by atoms with Gasteiger partial charge in [-0.25, -0.2) is 8.78 Å². The van der Waals surface area contributed by atoms with Crippen LogP contribution in [0.25, 0.3) is 0 Å². The second-order valence-electron chi connectivity index (χ2n) is 3.88. The van der Waals surface area contributed by atoms with Gasteiger partial charge in [0.05, 0.1) is 0 Å². The lowest BCUT2D eigenvalue weighted by atomic mass is 9.82. The van der Waals surface area contributed by atoms with Crippen LogP contribution in [0.4, 0.5) is 26.3 Å². The Labute approximate surface area is 83.6 Å². The average Bonchev–Trinajstić information content (AvgIpc) is 2.18. The molecule has 1 aliphatic carbocycles. The van der Waals surface area contributed by atoms with Crippen LogP contribution in [0.1, 0.15) is 32.1 Å². The number of hydrogen-bond acceptors (Lipinski definition) is 0. The molecule has 6 heteroatoms. The third kappa shape index (κ3) is 2.23. The zero-order valence-electron chi connectivity index (χ0n) is 7.96. The molecule has 15 heavy (non-hydrogen) atoms. The molecule has 0 unspecified atom stereocenters. The minimum atomic E-state index is -5.21. The van der Waals surface area contributed by atoms with Crippen LogP contribution in [-0.4, -0.2) is 18.3 Å². The summed E-state index contributed by atoms with van der Waals surface area (Å²) >= 11 is 0. The first-order chi connectivity index (χ1) is 6.80. The van der Waals surface area contributed by atoms with Gasteiger partial charge in [0, 0.05) is 5.92 Å². The highest BCUT2D eigenvalue weighted by atomic mass is 19.3. The van der Waals surface area contributed by atoms with Gasteiger partial charge >= 0.3 is 18.3 Å². The van der Waals surface area contributed by atoms with E-state index >= 15 is 0 Å². The van der Waals surface area contributed by atoms with Crippen molar-refractivity contribution >= 4 is 0 Å². The maximum absolute atomic E-state index is 13.1. The van der Waals surface area contributed by atoms with Gasteiger partial charge in [0.2, 0.25) is 0 Å². The molecular formula is C9H12F6. The molecule has 0 heterocycles. The van der Waals surface area contributed by atoms with Crippen LogP contribution >= 0.6 is 0 Å². The highest BCUT2D eigenvalue weighted by Gasteiger charge is 2.65. The summed E-state index contributed by atoms with van der Waals surface area (Å²) in [5.41, 5.74) is 0. The van der Waals surface area contributed by atoms with Crippen molar-refractivity contribution in [1.29, 1.82) is 0 Å². The summed E-state index contributed by atoms with van der Waals surface area (Å²) in [6.45, 7) is 0. The molecule has 1 saturated carbocycles. The summed E-state index contributed by atoms with van der Waals surface area (Å²) in [4.78, 5) is 0. The van der Waals surface area contributed by atoms with E-state index < -0.39 is 24.2 Å². The molecule has 0 aromatic carbocycles. The first-order valence-corrected chi connectivity index (χ1v) is 4.84. The van der Waals surface area contributed by atoms with Crippen molar-refractivity contribution in [3.63, 3.8) is 0 Å². The average molecular weight is 234 g/mol. The van der Waals surface area contributed by atoms with Gasteiger partial charge in [-0.15, -0.1) is 0 Å². The predicted octanol–water partition coefficient (Wildman–Crippen LogP) is 4.10. The highest BCUT2D eigenvalue weighted by Crippen LogP contribution is 2.48. The maximum Gasteiger partial charge on any atom is 0.369 e. The summed E-state index contributed by atoms with van der Waals surface area (Å²) in [7, 11) is 0. The number of alkyl halides is 6. The summed E-state index contributed by atoms with van der Waals surface area (Å²) in [6.07, 6.45) is -3.01. The summed E-state index contributed by atoms with van der Waals surface area (Å²) in [5, 5.41) is 0. The van der Waals surface area contributed by atoms with E-state index in [-0.39, 0.29) is 12.8 Å². The fraction of sp³-hybridized carbons (Fsp3) is 1.00. The molecule has 0 nitrogen and oxygen atoms in total. The third-order valence-corrected chi connectivity index (χ3v) is 2.84. The van der Waals surface area contributed by atoms with Gasteiger partial charge in [-0.3, -0.25) is 0 Å². The van der Waals surface area contributed by atoms with E-state index in [9.17, 15) is 26.3 Å². The van der Waals surface area contributed by atoms with Gasteiger partial charge in [0.1, 0.15) is 0 Å². The van der Waals surface area contributed by atoms with E-state index in [1.807, 2.05) is 0 Å². The minimum Gasteiger partial charge on any atom is -0.203 e. The molecule has 0 saturated heterocycles. The zero-order chi connectivity index (χ0) is 11.7. The van der Waals surface area contributed by atoms with Gasteiger partial charge in [-0.2, -0.15) is 17.6 Å². The van der Waals surface area contributed by atoms with Crippen LogP contribution in [0.5, 0.6) is 0 Å². The van der Waals surface area contributed by atoms with E-state index in [4.69, 9.17) is 0 Å². The fourth-order valence-electron chi connectivity index (χ4n) is 1.88. The largest absolute Gasteiger partial charge is 0.369 e. The SMILES string of the molecule is FC(F)C(F)(F)C(F)(F)C1CCCCC1. The van der Waals surface area contributed by atoms with Crippen LogP contribution in [0.3, 0.4) is 0 Å². The molecule has 0 radical (unpaired) electrons. The Hall–Kier alpha value is -0.420. The second kappa shape index (κ2) is 4.22. The fourth-order valence-corrected chi connectivity index (χ4v) is 1.88. The Morgan fingerprint density at radius 3 is 1.73 bits per heavy atom. The number of halogens is 6. The van der Waals surface area contributed by atoms with Gasteiger partial charge < -0.3 is 0 Å². The Morgan fingerprint density at radius 2 is 1.33 bits per heavy atom. The van der Waals surface area contributed by atoms with Crippen molar-refractivity contribution in [2.75, 3.05) is 0 Å². The molecule has 0 aromatic heterocycles. The maximum atomic E-state index is 13.1. The molecule has 0 aromatic rings. The predicted molar refractivity (Wildman–Crippen MR) is 42.5 cm³/mol. The highest BCUT2D eigenvalue weighted by molar-refractivity contribution is 4.93. The molecule has 1 rings (SSSR count). The van der Waals surface area contributed by atoms with Crippen LogP contribution in [0, 0.1) is 5.92 Å². The smallest absolute Gasteiger partial charge is 0.203 e. The molecule has 1 fully saturated rings. The lowest BCUT2D eigenvalue weighted by molar-refractivity contribution is -0.287. The molecular weight excluding hydrogens is 222 g/mol. The van der Waals surface area contributed by atoms with Crippen molar-refractivity contribution in [3.8, 4) is 0 Å². The Balaban J connectivity index is 2.79. The van der Waals surface area contributed by atoms with Crippen LogP contribution in [0.15, 0.2) is 0 Å². The number of rotatable bonds is 3. The van der Waals surface area contributed by atoms with E-state index in [2.05, 4.69) is 0 Å². The molecule has 0 bridgehead atoms. The molecule has 0 N–H and O–H groups in total. The zero-order valence-corrected chi connectivity index (χ0v) is 7.96. The molecule has 90 valence electrons. The van der Waals surface area contributed by atoms with Gasteiger partial charge in [-0.05, 0) is 12.8 Å².